The summed E-state index contributed by atoms with van der Waals surface area (Å²) in [5.41, 5.74) is 7.72. The van der Waals surface area contributed by atoms with Crippen LogP contribution in [0.4, 0.5) is 5.69 Å². The first-order chi connectivity index (χ1) is 9.16. The van der Waals surface area contributed by atoms with Crippen molar-refractivity contribution in [3.05, 3.63) is 30.4 Å². The van der Waals surface area contributed by atoms with Crippen LogP contribution in [0.15, 0.2) is 24.5 Å². The highest BCUT2D eigenvalue weighted by Crippen LogP contribution is 2.32. The summed E-state index contributed by atoms with van der Waals surface area (Å²) < 4.78 is 2.18. The van der Waals surface area contributed by atoms with Crippen molar-refractivity contribution in [2.45, 2.75) is 45.2 Å². The summed E-state index contributed by atoms with van der Waals surface area (Å²) in [6.07, 6.45) is 7.75. The summed E-state index contributed by atoms with van der Waals surface area (Å²) in [7, 11) is 0. The topological polar surface area (TPSA) is 46.6 Å². The highest BCUT2D eigenvalue weighted by Gasteiger charge is 2.28. The molecule has 1 aliphatic heterocycles. The number of imidazole rings is 1. The van der Waals surface area contributed by atoms with E-state index >= 15 is 0 Å². The minimum absolute atomic E-state index is 0.430. The minimum Gasteiger partial charge on any atom is -0.399 e. The number of nitrogens with zero attached hydrogens (tertiary/aromatic N) is 3. The molecule has 1 unspecified atom stereocenters. The van der Waals surface area contributed by atoms with E-state index in [-0.39, 0.29) is 0 Å². The lowest BCUT2D eigenvalue weighted by atomic mass is 10.00. The van der Waals surface area contributed by atoms with Crippen molar-refractivity contribution in [3.63, 3.8) is 0 Å². The first-order valence-corrected chi connectivity index (χ1v) is 7.15. The fraction of sp³-hybridized carbons (Fsp3) is 0.533. The van der Waals surface area contributed by atoms with Gasteiger partial charge in [-0.25, -0.2) is 4.98 Å². The highest BCUT2D eigenvalue weighted by molar-refractivity contribution is 5.56. The maximum absolute atomic E-state index is 5.84. The van der Waals surface area contributed by atoms with E-state index in [1.54, 1.807) is 0 Å². The number of hydrogen-bond acceptors (Lipinski definition) is 3. The minimum atomic E-state index is 0.430. The van der Waals surface area contributed by atoms with Crippen LogP contribution < -0.4 is 5.73 Å². The number of likely N-dealkylation sites (tertiary alicyclic amines) is 1. The van der Waals surface area contributed by atoms with Gasteiger partial charge in [0, 0.05) is 17.9 Å². The smallest absolute Gasteiger partial charge is 0.130 e. The maximum Gasteiger partial charge on any atom is 0.130 e. The van der Waals surface area contributed by atoms with E-state index in [0.29, 0.717) is 12.1 Å². The molecule has 2 aromatic rings. The predicted octanol–water partition coefficient (Wildman–Crippen LogP) is 2.85. The number of hydrogen-bond donors (Lipinski definition) is 1. The van der Waals surface area contributed by atoms with Gasteiger partial charge in [0.15, 0.2) is 0 Å². The van der Waals surface area contributed by atoms with E-state index in [2.05, 4.69) is 28.1 Å². The number of rotatable bonds is 2. The Bertz CT molecular complexity index is 573. The molecule has 0 saturated carbocycles. The van der Waals surface area contributed by atoms with E-state index in [4.69, 9.17) is 5.73 Å². The number of fused-ring (bicyclic) bond motifs is 1. The van der Waals surface area contributed by atoms with Crippen molar-refractivity contribution in [1.82, 2.24) is 14.3 Å². The number of nitrogens with two attached hydrogens (primary N) is 1. The first-order valence-electron chi connectivity index (χ1n) is 7.15. The molecule has 3 rings (SSSR count). The predicted molar refractivity (Wildman–Crippen MR) is 78.0 cm³/mol. The van der Waals surface area contributed by atoms with Gasteiger partial charge in [-0.05, 0) is 45.4 Å². The van der Waals surface area contributed by atoms with Gasteiger partial charge in [0.25, 0.3) is 0 Å². The molecule has 0 aromatic carbocycles. The Morgan fingerprint density at radius 1 is 1.37 bits per heavy atom. The normalized spacial score (nSPS) is 21.3. The zero-order valence-corrected chi connectivity index (χ0v) is 11.7. The number of piperidine rings is 1. The van der Waals surface area contributed by atoms with Crippen molar-refractivity contribution >= 4 is 11.2 Å². The summed E-state index contributed by atoms with van der Waals surface area (Å²) >= 11 is 0. The average Bonchev–Trinajstić information content (AvgIpc) is 2.81. The summed E-state index contributed by atoms with van der Waals surface area (Å²) in [6, 6.07) is 4.92. The second kappa shape index (κ2) is 4.85. The molecule has 3 heterocycles. The van der Waals surface area contributed by atoms with Gasteiger partial charge in [-0.3, -0.25) is 4.90 Å². The van der Waals surface area contributed by atoms with Crippen LogP contribution in [0.5, 0.6) is 0 Å². The summed E-state index contributed by atoms with van der Waals surface area (Å²) in [5.74, 6) is 1.16. The van der Waals surface area contributed by atoms with Crippen molar-refractivity contribution < 1.29 is 0 Å². The van der Waals surface area contributed by atoms with Gasteiger partial charge >= 0.3 is 0 Å². The molecular weight excluding hydrogens is 236 g/mol. The van der Waals surface area contributed by atoms with E-state index in [1.165, 1.54) is 25.8 Å². The van der Waals surface area contributed by atoms with Gasteiger partial charge < -0.3 is 10.1 Å². The largest absolute Gasteiger partial charge is 0.399 e. The van der Waals surface area contributed by atoms with Crippen molar-refractivity contribution in [2.75, 3.05) is 12.3 Å². The zero-order chi connectivity index (χ0) is 13.4. The fourth-order valence-electron chi connectivity index (χ4n) is 3.13. The Labute approximate surface area is 114 Å². The lowest BCUT2D eigenvalue weighted by Gasteiger charge is -2.37. The van der Waals surface area contributed by atoms with Crippen LogP contribution in [-0.2, 0) is 0 Å². The van der Waals surface area contributed by atoms with Crippen LogP contribution in [0.3, 0.4) is 0 Å². The van der Waals surface area contributed by atoms with Gasteiger partial charge in [0.05, 0.1) is 17.8 Å². The van der Waals surface area contributed by atoms with Crippen molar-refractivity contribution in [3.8, 4) is 0 Å². The highest BCUT2D eigenvalue weighted by atomic mass is 15.2. The van der Waals surface area contributed by atoms with Crippen LogP contribution in [0.1, 0.15) is 45.0 Å². The van der Waals surface area contributed by atoms with Gasteiger partial charge in [0.1, 0.15) is 5.82 Å². The van der Waals surface area contributed by atoms with Crippen molar-refractivity contribution in [2.24, 2.45) is 0 Å². The number of aromatic nitrogens is 2. The van der Waals surface area contributed by atoms with Crippen molar-refractivity contribution in [1.29, 1.82) is 0 Å². The number of anilines is 1. The molecule has 4 nitrogen and oxygen atoms in total. The average molecular weight is 258 g/mol. The van der Waals surface area contributed by atoms with E-state index in [0.717, 1.165) is 17.0 Å². The quantitative estimate of drug-likeness (QED) is 0.901. The van der Waals surface area contributed by atoms with Gasteiger partial charge in [0.2, 0.25) is 0 Å². The van der Waals surface area contributed by atoms with Crippen LogP contribution in [0.25, 0.3) is 5.52 Å². The molecular formula is C15H22N4. The Balaban J connectivity index is 2.02. The lowest BCUT2D eigenvalue weighted by molar-refractivity contribution is 0.106. The monoisotopic (exact) mass is 258 g/mol. The molecule has 2 N–H and O–H groups in total. The fourth-order valence-corrected chi connectivity index (χ4v) is 3.13. The molecule has 1 fully saturated rings. The number of pyridine rings is 1. The Hall–Kier alpha value is -1.55. The van der Waals surface area contributed by atoms with Crippen LogP contribution in [-0.4, -0.2) is 26.9 Å². The van der Waals surface area contributed by atoms with E-state index < -0.39 is 0 Å². The van der Waals surface area contributed by atoms with Crippen LogP contribution in [0.2, 0.25) is 0 Å². The molecule has 0 bridgehead atoms. The third-order valence-corrected chi connectivity index (χ3v) is 4.09. The summed E-state index contributed by atoms with van der Waals surface area (Å²) in [4.78, 5) is 7.22. The Kier molecular flexibility index (Phi) is 3.19. The summed E-state index contributed by atoms with van der Waals surface area (Å²) in [6.45, 7) is 5.71. The Morgan fingerprint density at radius 3 is 3.00 bits per heavy atom. The third kappa shape index (κ3) is 2.21. The molecule has 1 saturated heterocycles. The number of nitrogen functional groups attached to an aromatic ring is 1. The van der Waals surface area contributed by atoms with Gasteiger partial charge in [-0.1, -0.05) is 6.42 Å². The standard InChI is InChI=1S/C15H22N4/c1-11(2)18-7-4-3-5-14(18)15-17-10-13-9-12(16)6-8-19(13)15/h6,8-11,14H,3-5,7,16H2,1-2H3. The molecule has 102 valence electrons. The second-order valence-corrected chi connectivity index (χ2v) is 5.71. The molecule has 19 heavy (non-hydrogen) atoms. The van der Waals surface area contributed by atoms with Crippen LogP contribution >= 0.6 is 0 Å². The zero-order valence-electron chi connectivity index (χ0n) is 11.7. The molecule has 1 aliphatic rings. The second-order valence-electron chi connectivity index (χ2n) is 5.71. The molecule has 2 aromatic heterocycles. The van der Waals surface area contributed by atoms with E-state index in [9.17, 15) is 0 Å². The van der Waals surface area contributed by atoms with Gasteiger partial charge in [-0.15, -0.1) is 0 Å². The Morgan fingerprint density at radius 2 is 2.21 bits per heavy atom. The molecule has 0 aliphatic carbocycles. The van der Waals surface area contributed by atoms with Crippen LogP contribution in [0, 0.1) is 0 Å². The summed E-state index contributed by atoms with van der Waals surface area (Å²) in [5, 5.41) is 0. The molecule has 0 radical (unpaired) electrons. The van der Waals surface area contributed by atoms with Gasteiger partial charge in [-0.2, -0.15) is 0 Å². The molecule has 4 heteroatoms. The SMILES string of the molecule is CC(C)N1CCCCC1c1ncc2cc(N)ccn12. The molecule has 0 spiro atoms. The molecule has 1 atom stereocenters. The maximum atomic E-state index is 5.84. The lowest BCUT2D eigenvalue weighted by Crippen LogP contribution is -2.39. The molecule has 0 amide bonds. The van der Waals surface area contributed by atoms with E-state index in [1.807, 2.05) is 24.5 Å². The third-order valence-electron chi connectivity index (χ3n) is 4.09. The first kappa shape index (κ1) is 12.5.